The first-order valence-corrected chi connectivity index (χ1v) is 6.05. The van der Waals surface area contributed by atoms with E-state index in [4.69, 9.17) is 5.11 Å². The number of aryl methyl sites for hydroxylation is 1. The number of carboxylic acid groups (broad SMARTS) is 1. The molecule has 0 radical (unpaired) electrons. The molecular formula is C12H17N3O3. The van der Waals surface area contributed by atoms with Crippen molar-refractivity contribution in [1.29, 1.82) is 0 Å². The van der Waals surface area contributed by atoms with Crippen molar-refractivity contribution in [3.63, 3.8) is 0 Å². The zero-order valence-electron chi connectivity index (χ0n) is 10.4. The van der Waals surface area contributed by atoms with Crippen LogP contribution in [0.5, 0.6) is 0 Å². The van der Waals surface area contributed by atoms with Crippen molar-refractivity contribution in [2.24, 2.45) is 13.0 Å². The van der Waals surface area contributed by atoms with Gasteiger partial charge in [-0.15, -0.1) is 0 Å². The van der Waals surface area contributed by atoms with Gasteiger partial charge in [-0.25, -0.2) is 4.98 Å². The third-order valence-corrected chi connectivity index (χ3v) is 3.40. The van der Waals surface area contributed by atoms with Gasteiger partial charge in [0.15, 0.2) is 0 Å². The van der Waals surface area contributed by atoms with E-state index in [0.29, 0.717) is 18.8 Å². The molecule has 0 atom stereocenters. The van der Waals surface area contributed by atoms with E-state index in [9.17, 15) is 9.59 Å². The molecular weight excluding hydrogens is 234 g/mol. The topological polar surface area (TPSA) is 75.4 Å². The number of hydrogen-bond donors (Lipinski definition) is 1. The van der Waals surface area contributed by atoms with Gasteiger partial charge in [0.25, 0.3) is 5.91 Å². The Morgan fingerprint density at radius 2 is 2.11 bits per heavy atom. The van der Waals surface area contributed by atoms with Gasteiger partial charge in [-0.2, -0.15) is 0 Å². The SMILES string of the molecule is Cn1cncc1C(=O)N1CCC(CC(=O)O)CC1. The molecule has 6 heteroatoms. The summed E-state index contributed by atoms with van der Waals surface area (Å²) < 4.78 is 1.70. The van der Waals surface area contributed by atoms with E-state index in [1.165, 1.54) is 0 Å². The van der Waals surface area contributed by atoms with Crippen LogP contribution in [0.4, 0.5) is 0 Å². The summed E-state index contributed by atoms with van der Waals surface area (Å²) >= 11 is 0. The number of likely N-dealkylation sites (tertiary alicyclic amines) is 1. The number of carboxylic acids is 1. The molecule has 6 nitrogen and oxygen atoms in total. The number of nitrogens with zero attached hydrogens (tertiary/aromatic N) is 3. The molecule has 1 amide bonds. The lowest BCUT2D eigenvalue weighted by Gasteiger charge is -2.31. The molecule has 1 N–H and O–H groups in total. The lowest BCUT2D eigenvalue weighted by molar-refractivity contribution is -0.138. The van der Waals surface area contributed by atoms with Crippen molar-refractivity contribution in [3.05, 3.63) is 18.2 Å². The van der Waals surface area contributed by atoms with Crippen LogP contribution in [0, 0.1) is 5.92 Å². The molecule has 1 saturated heterocycles. The molecule has 0 bridgehead atoms. The number of aromatic nitrogens is 2. The Bertz CT molecular complexity index is 447. The Hall–Kier alpha value is -1.85. The highest BCUT2D eigenvalue weighted by Crippen LogP contribution is 2.21. The third kappa shape index (κ3) is 2.69. The zero-order valence-corrected chi connectivity index (χ0v) is 10.4. The van der Waals surface area contributed by atoms with Gasteiger partial charge < -0.3 is 14.6 Å². The monoisotopic (exact) mass is 251 g/mol. The van der Waals surface area contributed by atoms with Gasteiger partial charge >= 0.3 is 5.97 Å². The Labute approximate surface area is 105 Å². The quantitative estimate of drug-likeness (QED) is 0.860. The normalized spacial score (nSPS) is 16.8. The van der Waals surface area contributed by atoms with E-state index in [-0.39, 0.29) is 18.2 Å². The minimum atomic E-state index is -0.758. The second-order valence-electron chi connectivity index (χ2n) is 4.72. The highest BCUT2D eigenvalue weighted by Gasteiger charge is 2.26. The summed E-state index contributed by atoms with van der Waals surface area (Å²) in [6.07, 6.45) is 4.88. The van der Waals surface area contributed by atoms with Crippen molar-refractivity contribution in [2.75, 3.05) is 13.1 Å². The van der Waals surface area contributed by atoms with Crippen LogP contribution in [0.3, 0.4) is 0 Å². The van der Waals surface area contributed by atoms with Gasteiger partial charge in [-0.05, 0) is 18.8 Å². The van der Waals surface area contributed by atoms with Gasteiger partial charge in [0, 0.05) is 26.6 Å². The van der Waals surface area contributed by atoms with E-state index < -0.39 is 5.97 Å². The van der Waals surface area contributed by atoms with Crippen LogP contribution < -0.4 is 0 Å². The van der Waals surface area contributed by atoms with Gasteiger partial charge in [0.05, 0.1) is 12.5 Å². The Balaban J connectivity index is 1.92. The number of piperidine rings is 1. The third-order valence-electron chi connectivity index (χ3n) is 3.40. The van der Waals surface area contributed by atoms with E-state index in [2.05, 4.69) is 4.98 Å². The fourth-order valence-corrected chi connectivity index (χ4v) is 2.31. The predicted molar refractivity (Wildman–Crippen MR) is 64.1 cm³/mol. The fourth-order valence-electron chi connectivity index (χ4n) is 2.31. The maximum Gasteiger partial charge on any atom is 0.303 e. The van der Waals surface area contributed by atoms with Crippen LogP contribution in [0.1, 0.15) is 29.8 Å². The highest BCUT2D eigenvalue weighted by atomic mass is 16.4. The maximum atomic E-state index is 12.2. The number of rotatable bonds is 3. The summed E-state index contributed by atoms with van der Waals surface area (Å²) in [6.45, 7) is 1.25. The smallest absolute Gasteiger partial charge is 0.303 e. The number of hydrogen-bond acceptors (Lipinski definition) is 3. The molecule has 0 unspecified atom stereocenters. The van der Waals surface area contributed by atoms with Crippen LogP contribution in [0.2, 0.25) is 0 Å². The maximum absolute atomic E-state index is 12.2. The van der Waals surface area contributed by atoms with E-state index in [1.807, 2.05) is 0 Å². The first-order valence-electron chi connectivity index (χ1n) is 6.05. The summed E-state index contributed by atoms with van der Waals surface area (Å²) in [6, 6.07) is 0. The highest BCUT2D eigenvalue weighted by molar-refractivity contribution is 5.92. The predicted octanol–water partition coefficient (Wildman–Crippen LogP) is 0.747. The van der Waals surface area contributed by atoms with Gasteiger partial charge in [-0.1, -0.05) is 0 Å². The van der Waals surface area contributed by atoms with Crippen molar-refractivity contribution in [3.8, 4) is 0 Å². The molecule has 98 valence electrons. The standard InChI is InChI=1S/C12H17N3O3/c1-14-8-13-7-10(14)12(18)15-4-2-9(3-5-15)6-11(16)17/h7-9H,2-6H2,1H3,(H,16,17). The summed E-state index contributed by atoms with van der Waals surface area (Å²) in [5.74, 6) is -0.590. The van der Waals surface area contributed by atoms with Crippen LogP contribution in [0.25, 0.3) is 0 Å². The molecule has 0 aromatic carbocycles. The largest absolute Gasteiger partial charge is 0.481 e. The van der Waals surface area contributed by atoms with Gasteiger partial charge in [0.2, 0.25) is 0 Å². The molecule has 2 rings (SSSR count). The molecule has 1 aromatic rings. The average molecular weight is 251 g/mol. The Kier molecular flexibility index (Phi) is 3.64. The lowest BCUT2D eigenvalue weighted by Crippen LogP contribution is -2.39. The van der Waals surface area contributed by atoms with Crippen LogP contribution >= 0.6 is 0 Å². The molecule has 0 spiro atoms. The lowest BCUT2D eigenvalue weighted by atomic mass is 9.93. The first-order chi connectivity index (χ1) is 8.58. The first kappa shape index (κ1) is 12.6. The fraction of sp³-hybridized carbons (Fsp3) is 0.583. The van der Waals surface area contributed by atoms with E-state index in [1.54, 1.807) is 29.0 Å². The van der Waals surface area contributed by atoms with Crippen LogP contribution in [0.15, 0.2) is 12.5 Å². The molecule has 1 fully saturated rings. The molecule has 1 aromatic heterocycles. The molecule has 18 heavy (non-hydrogen) atoms. The van der Waals surface area contributed by atoms with Gasteiger partial charge in [-0.3, -0.25) is 9.59 Å². The summed E-state index contributed by atoms with van der Waals surface area (Å²) in [5, 5.41) is 8.74. The number of aliphatic carboxylic acids is 1. The Morgan fingerprint density at radius 3 is 2.61 bits per heavy atom. The van der Waals surface area contributed by atoms with Crippen LogP contribution in [-0.2, 0) is 11.8 Å². The van der Waals surface area contributed by atoms with Crippen LogP contribution in [-0.4, -0.2) is 44.5 Å². The van der Waals surface area contributed by atoms with Gasteiger partial charge in [0.1, 0.15) is 5.69 Å². The van der Waals surface area contributed by atoms with Crippen molar-refractivity contribution in [1.82, 2.24) is 14.5 Å². The summed E-state index contributed by atoms with van der Waals surface area (Å²) in [7, 11) is 1.79. The molecule has 0 saturated carbocycles. The molecule has 2 heterocycles. The summed E-state index contributed by atoms with van der Waals surface area (Å²) in [5.41, 5.74) is 0.576. The number of imidazole rings is 1. The van der Waals surface area contributed by atoms with E-state index >= 15 is 0 Å². The number of amides is 1. The molecule has 1 aliphatic rings. The van der Waals surface area contributed by atoms with E-state index in [0.717, 1.165) is 12.8 Å². The Morgan fingerprint density at radius 1 is 1.44 bits per heavy atom. The van der Waals surface area contributed by atoms with Crippen molar-refractivity contribution < 1.29 is 14.7 Å². The number of carbonyl (C=O) groups excluding carboxylic acids is 1. The summed E-state index contributed by atoms with van der Waals surface area (Å²) in [4.78, 5) is 28.5. The minimum Gasteiger partial charge on any atom is -0.481 e. The number of carbonyl (C=O) groups is 2. The minimum absolute atomic E-state index is 0.0243. The zero-order chi connectivity index (χ0) is 13.1. The molecule has 1 aliphatic heterocycles. The second-order valence-corrected chi connectivity index (χ2v) is 4.72. The average Bonchev–Trinajstić information content (AvgIpc) is 2.75. The van der Waals surface area contributed by atoms with Crippen molar-refractivity contribution >= 4 is 11.9 Å². The second kappa shape index (κ2) is 5.20. The molecule has 0 aliphatic carbocycles. The van der Waals surface area contributed by atoms with Crippen molar-refractivity contribution in [2.45, 2.75) is 19.3 Å².